The van der Waals surface area contributed by atoms with Crippen LogP contribution in [-0.2, 0) is 11.2 Å². The first-order valence-corrected chi connectivity index (χ1v) is 13.9. The number of Topliss-reactive ketones (excluding diaryl/α,β-unsaturated/α-hetero) is 1. The fraction of sp³-hybridized carbons (Fsp3) is 0.133. The smallest absolute Gasteiger partial charge is 0.197 e. The zero-order valence-electron chi connectivity index (χ0n) is 19.8. The van der Waals surface area contributed by atoms with Gasteiger partial charge in [-0.3, -0.25) is 9.59 Å². The number of rotatable bonds is 4. The average molecular weight is 509 g/mol. The van der Waals surface area contributed by atoms with Gasteiger partial charge in [0.1, 0.15) is 0 Å². The third kappa shape index (κ3) is 3.77. The lowest BCUT2D eigenvalue weighted by atomic mass is 10.00. The number of ketones is 1. The number of pyridine rings is 1. The van der Waals surface area contributed by atoms with E-state index in [9.17, 15) is 9.59 Å². The van der Waals surface area contributed by atoms with Gasteiger partial charge in [-0.2, -0.15) is 0 Å². The minimum atomic E-state index is 0.0140. The number of thioether (sulfide) groups is 1. The summed E-state index contributed by atoms with van der Waals surface area (Å²) in [6.45, 7) is 2.00. The van der Waals surface area contributed by atoms with Gasteiger partial charge in [-0.15, -0.1) is 23.1 Å². The maximum atomic E-state index is 13.8. The van der Waals surface area contributed by atoms with Crippen LogP contribution in [0.3, 0.4) is 0 Å². The highest BCUT2D eigenvalue weighted by Gasteiger charge is 2.29. The molecular formula is C30H24N2O2S2. The number of hydrogen-bond acceptors (Lipinski definition) is 5. The number of para-hydroxylation sites is 1. The van der Waals surface area contributed by atoms with Crippen LogP contribution in [-0.4, -0.2) is 16.2 Å². The molecule has 1 aliphatic carbocycles. The van der Waals surface area contributed by atoms with Crippen molar-refractivity contribution in [3.05, 3.63) is 117 Å². The van der Waals surface area contributed by atoms with Crippen LogP contribution in [0.25, 0.3) is 26.8 Å². The Balaban J connectivity index is 1.69. The maximum absolute atomic E-state index is 13.8. The summed E-state index contributed by atoms with van der Waals surface area (Å²) < 4.78 is 2.16. The van der Waals surface area contributed by atoms with Gasteiger partial charge in [0.2, 0.25) is 0 Å². The third-order valence-electron chi connectivity index (χ3n) is 6.59. The number of anilines is 1. The molecule has 1 aliphatic heterocycles. The van der Waals surface area contributed by atoms with Crippen molar-refractivity contribution in [2.45, 2.75) is 19.8 Å². The number of aromatic nitrogens is 1. The summed E-state index contributed by atoms with van der Waals surface area (Å²) in [5.74, 6) is 0.740. The highest BCUT2D eigenvalue weighted by Crippen LogP contribution is 2.38. The van der Waals surface area contributed by atoms with Crippen LogP contribution in [0.4, 0.5) is 5.69 Å². The van der Waals surface area contributed by atoms with E-state index in [2.05, 4.69) is 39.2 Å². The van der Waals surface area contributed by atoms with E-state index < -0.39 is 0 Å². The highest BCUT2D eigenvalue weighted by molar-refractivity contribution is 8.02. The minimum absolute atomic E-state index is 0.0140. The molecule has 6 rings (SSSR count). The molecule has 6 heteroatoms. The molecule has 0 unspecified atom stereocenters. The number of nitrogens with zero attached hydrogens (tertiary/aromatic N) is 2. The molecule has 0 N–H and O–H groups in total. The summed E-state index contributed by atoms with van der Waals surface area (Å²) in [6.07, 6.45) is 11.1. The monoisotopic (exact) mass is 508 g/mol. The quantitative estimate of drug-likeness (QED) is 0.275. The largest absolute Gasteiger partial charge is 0.331 e. The SMILES string of the molecule is C/C=C\SCN1C2=CCC=CC=C2C(=O)Cc2cc3c(cc21)c(=O)c1ccccc1n3-c1cccs1. The maximum Gasteiger partial charge on any atom is 0.197 e. The number of carbonyl (C=O) groups excluding carboxylic acids is 1. The van der Waals surface area contributed by atoms with Crippen LogP contribution < -0.4 is 10.3 Å². The van der Waals surface area contributed by atoms with Crippen molar-refractivity contribution < 1.29 is 4.79 Å². The van der Waals surface area contributed by atoms with Gasteiger partial charge in [0.15, 0.2) is 11.2 Å². The molecule has 0 bridgehead atoms. The Hall–Kier alpha value is -3.61. The van der Waals surface area contributed by atoms with Gasteiger partial charge in [-0.25, -0.2) is 0 Å². The number of hydrogen-bond donors (Lipinski definition) is 0. The van der Waals surface area contributed by atoms with E-state index in [1.54, 1.807) is 23.1 Å². The predicted molar refractivity (Wildman–Crippen MR) is 153 cm³/mol. The molecule has 0 saturated heterocycles. The molecule has 4 aromatic rings. The van der Waals surface area contributed by atoms with E-state index in [-0.39, 0.29) is 11.2 Å². The van der Waals surface area contributed by atoms with Crippen LogP contribution in [0.5, 0.6) is 0 Å². The van der Waals surface area contributed by atoms with E-state index in [1.807, 2.05) is 66.9 Å². The first kappa shape index (κ1) is 22.8. The van der Waals surface area contributed by atoms with Crippen molar-refractivity contribution in [2.75, 3.05) is 10.8 Å². The van der Waals surface area contributed by atoms with Crippen LogP contribution in [0.15, 0.2) is 106 Å². The average Bonchev–Trinajstić information content (AvgIpc) is 3.26. The van der Waals surface area contributed by atoms with E-state index in [1.165, 1.54) is 0 Å². The Kier molecular flexibility index (Phi) is 5.99. The van der Waals surface area contributed by atoms with Gasteiger partial charge in [0, 0.05) is 34.2 Å². The topological polar surface area (TPSA) is 42.3 Å². The van der Waals surface area contributed by atoms with Crippen LogP contribution in [0, 0.1) is 0 Å². The fourth-order valence-electron chi connectivity index (χ4n) is 5.01. The van der Waals surface area contributed by atoms with Crippen LogP contribution >= 0.6 is 23.1 Å². The molecule has 36 heavy (non-hydrogen) atoms. The summed E-state index contributed by atoms with van der Waals surface area (Å²) in [4.78, 5) is 29.5. The minimum Gasteiger partial charge on any atom is -0.331 e. The summed E-state index contributed by atoms with van der Waals surface area (Å²) in [5, 5.41) is 6.49. The molecule has 0 spiro atoms. The molecule has 2 aromatic carbocycles. The Labute approximate surface area is 217 Å². The van der Waals surface area contributed by atoms with Crippen molar-refractivity contribution in [3.63, 3.8) is 0 Å². The number of allylic oxidation sites excluding steroid dienone is 6. The van der Waals surface area contributed by atoms with E-state index in [0.29, 0.717) is 23.1 Å². The summed E-state index contributed by atoms with van der Waals surface area (Å²) in [6, 6.07) is 15.9. The molecule has 0 radical (unpaired) electrons. The first-order valence-electron chi connectivity index (χ1n) is 11.9. The van der Waals surface area contributed by atoms with Gasteiger partial charge in [0.25, 0.3) is 0 Å². The molecule has 4 nitrogen and oxygen atoms in total. The Morgan fingerprint density at radius 3 is 2.78 bits per heavy atom. The van der Waals surface area contributed by atoms with E-state index >= 15 is 0 Å². The lowest BCUT2D eigenvalue weighted by molar-refractivity contribution is -0.114. The number of benzene rings is 2. The van der Waals surface area contributed by atoms with Gasteiger partial charge in [-0.05, 0) is 72.2 Å². The van der Waals surface area contributed by atoms with Crippen molar-refractivity contribution in [2.24, 2.45) is 0 Å². The zero-order valence-corrected chi connectivity index (χ0v) is 21.4. The molecule has 2 aliphatic rings. The molecule has 178 valence electrons. The predicted octanol–water partition coefficient (Wildman–Crippen LogP) is 7.13. The molecule has 3 heterocycles. The molecular weight excluding hydrogens is 484 g/mol. The Morgan fingerprint density at radius 1 is 1.06 bits per heavy atom. The van der Waals surface area contributed by atoms with E-state index in [4.69, 9.17) is 0 Å². The lowest BCUT2D eigenvalue weighted by Crippen LogP contribution is -2.24. The molecule has 0 saturated carbocycles. The molecule has 0 amide bonds. The first-order chi connectivity index (χ1) is 17.7. The molecule has 0 atom stereocenters. The summed E-state index contributed by atoms with van der Waals surface area (Å²) >= 11 is 3.31. The third-order valence-corrected chi connectivity index (χ3v) is 8.32. The van der Waals surface area contributed by atoms with Crippen molar-refractivity contribution in [1.82, 2.24) is 4.57 Å². The highest BCUT2D eigenvalue weighted by atomic mass is 32.2. The zero-order chi connectivity index (χ0) is 24.6. The normalized spacial score (nSPS) is 15.6. The van der Waals surface area contributed by atoms with Crippen LogP contribution in [0.1, 0.15) is 18.9 Å². The van der Waals surface area contributed by atoms with Crippen molar-refractivity contribution in [3.8, 4) is 5.00 Å². The van der Waals surface area contributed by atoms with Gasteiger partial charge in [-0.1, -0.05) is 36.4 Å². The Bertz CT molecular complexity index is 1690. The second kappa shape index (κ2) is 9.45. The second-order valence-corrected chi connectivity index (χ2v) is 10.5. The van der Waals surface area contributed by atoms with Gasteiger partial charge in [0.05, 0.1) is 21.9 Å². The molecule has 2 aromatic heterocycles. The molecule has 0 fully saturated rings. The standard InChI is InChI=1S/C30H24N2O2S2/c1-2-14-35-19-31-24-11-5-3-4-9-21(24)28(33)17-20-16-27-23(18-26(20)31)30(34)22-10-6-7-12-25(22)32(27)29-13-8-15-36-29/h2-4,6-16,18H,5,17,19H2,1H3/b14-2-. The van der Waals surface area contributed by atoms with Gasteiger partial charge >= 0.3 is 0 Å². The van der Waals surface area contributed by atoms with Crippen molar-refractivity contribution >= 4 is 56.4 Å². The fourth-order valence-corrected chi connectivity index (χ4v) is 6.47. The Morgan fingerprint density at radius 2 is 1.94 bits per heavy atom. The summed E-state index contributed by atoms with van der Waals surface area (Å²) in [5.41, 5.74) is 5.22. The van der Waals surface area contributed by atoms with E-state index in [0.717, 1.165) is 45.0 Å². The van der Waals surface area contributed by atoms with Crippen LogP contribution in [0.2, 0.25) is 0 Å². The number of carbonyl (C=O) groups is 1. The lowest BCUT2D eigenvalue weighted by Gasteiger charge is -2.27. The van der Waals surface area contributed by atoms with Gasteiger partial charge < -0.3 is 9.47 Å². The number of fused-ring (bicyclic) bond motifs is 4. The van der Waals surface area contributed by atoms with Crippen molar-refractivity contribution in [1.29, 1.82) is 0 Å². The number of thiophene rings is 1. The summed E-state index contributed by atoms with van der Waals surface area (Å²) in [7, 11) is 0. The second-order valence-electron chi connectivity index (χ2n) is 8.76.